The van der Waals surface area contributed by atoms with Gasteiger partial charge in [0, 0.05) is 16.8 Å². The highest BCUT2D eigenvalue weighted by Gasteiger charge is 2.36. The molecule has 2 aromatic rings. The predicted octanol–water partition coefficient (Wildman–Crippen LogP) is 3.53. The van der Waals surface area contributed by atoms with Gasteiger partial charge >= 0.3 is 0 Å². The van der Waals surface area contributed by atoms with Crippen LogP contribution in [0.4, 0.5) is 0 Å². The average Bonchev–Trinajstić information content (AvgIpc) is 3.17. The molecule has 1 aliphatic rings. The van der Waals surface area contributed by atoms with Crippen molar-refractivity contribution in [2.45, 2.75) is 56.3 Å². The molecule has 2 aromatic heterocycles. The van der Waals surface area contributed by atoms with Gasteiger partial charge in [-0.3, -0.25) is 0 Å². The van der Waals surface area contributed by atoms with Gasteiger partial charge in [0.05, 0.1) is 0 Å². The van der Waals surface area contributed by atoms with E-state index in [0.29, 0.717) is 18.0 Å². The molecule has 2 heterocycles. The SMILES string of the molecule is Cc1noc(C)c1S(=O)(=O)NCC1(c2cccs2)CCCCC1. The van der Waals surface area contributed by atoms with Gasteiger partial charge in [0.25, 0.3) is 0 Å². The molecule has 1 fully saturated rings. The molecule has 5 nitrogen and oxygen atoms in total. The van der Waals surface area contributed by atoms with Gasteiger partial charge in [-0.05, 0) is 38.1 Å². The van der Waals surface area contributed by atoms with Gasteiger partial charge < -0.3 is 4.52 Å². The van der Waals surface area contributed by atoms with E-state index in [-0.39, 0.29) is 10.3 Å². The van der Waals surface area contributed by atoms with E-state index in [4.69, 9.17) is 4.52 Å². The lowest BCUT2D eigenvalue weighted by molar-refractivity contribution is 0.298. The lowest BCUT2D eigenvalue weighted by Crippen LogP contribution is -2.41. The molecule has 0 aliphatic heterocycles. The van der Waals surface area contributed by atoms with Crippen molar-refractivity contribution < 1.29 is 12.9 Å². The summed E-state index contributed by atoms with van der Waals surface area (Å²) in [6.07, 6.45) is 5.56. The van der Waals surface area contributed by atoms with E-state index in [1.807, 2.05) is 6.07 Å². The number of rotatable bonds is 5. The Balaban J connectivity index is 1.85. The molecule has 1 aliphatic carbocycles. The molecule has 0 aromatic carbocycles. The summed E-state index contributed by atoms with van der Waals surface area (Å²) >= 11 is 1.72. The fraction of sp³-hybridized carbons (Fsp3) is 0.562. The van der Waals surface area contributed by atoms with Crippen LogP contribution in [0.3, 0.4) is 0 Å². The van der Waals surface area contributed by atoms with Crippen molar-refractivity contribution in [2.24, 2.45) is 0 Å². The van der Waals surface area contributed by atoms with E-state index in [1.54, 1.807) is 25.2 Å². The summed E-state index contributed by atoms with van der Waals surface area (Å²) in [6, 6.07) is 4.17. The summed E-state index contributed by atoms with van der Waals surface area (Å²) in [4.78, 5) is 1.45. The quantitative estimate of drug-likeness (QED) is 0.891. The van der Waals surface area contributed by atoms with E-state index < -0.39 is 10.0 Å². The second kappa shape index (κ2) is 6.37. The zero-order valence-corrected chi connectivity index (χ0v) is 15.1. The van der Waals surface area contributed by atoms with Crippen LogP contribution in [0, 0.1) is 13.8 Å². The number of nitrogens with one attached hydrogen (secondary N) is 1. The lowest BCUT2D eigenvalue weighted by Gasteiger charge is -2.36. The molecule has 0 amide bonds. The van der Waals surface area contributed by atoms with Crippen molar-refractivity contribution in [3.05, 3.63) is 33.8 Å². The predicted molar refractivity (Wildman–Crippen MR) is 90.2 cm³/mol. The van der Waals surface area contributed by atoms with Crippen LogP contribution in [0.15, 0.2) is 26.9 Å². The Morgan fingerprint density at radius 3 is 2.61 bits per heavy atom. The van der Waals surface area contributed by atoms with Crippen molar-refractivity contribution in [2.75, 3.05) is 6.54 Å². The maximum absolute atomic E-state index is 12.7. The van der Waals surface area contributed by atoms with Crippen molar-refractivity contribution in [1.82, 2.24) is 9.88 Å². The van der Waals surface area contributed by atoms with Gasteiger partial charge in [-0.25, -0.2) is 13.1 Å². The highest BCUT2D eigenvalue weighted by atomic mass is 32.2. The topological polar surface area (TPSA) is 72.2 Å². The molecule has 0 radical (unpaired) electrons. The molecular weight excluding hydrogens is 332 g/mol. The number of thiophene rings is 1. The first-order chi connectivity index (χ1) is 10.9. The third kappa shape index (κ3) is 3.22. The fourth-order valence-corrected chi connectivity index (χ4v) is 5.92. The van der Waals surface area contributed by atoms with Crippen molar-refractivity contribution in [1.29, 1.82) is 0 Å². The Morgan fingerprint density at radius 1 is 1.30 bits per heavy atom. The summed E-state index contributed by atoms with van der Waals surface area (Å²) in [5.74, 6) is 0.337. The number of hydrogen-bond acceptors (Lipinski definition) is 5. The molecule has 7 heteroatoms. The van der Waals surface area contributed by atoms with Crippen LogP contribution >= 0.6 is 11.3 Å². The zero-order valence-electron chi connectivity index (χ0n) is 13.5. The van der Waals surface area contributed by atoms with E-state index in [9.17, 15) is 8.42 Å². The molecule has 0 unspecified atom stereocenters. The van der Waals surface area contributed by atoms with E-state index in [0.717, 1.165) is 25.7 Å². The zero-order chi connectivity index (χ0) is 16.5. The smallest absolute Gasteiger partial charge is 0.245 e. The Kier molecular flexibility index (Phi) is 4.62. The van der Waals surface area contributed by atoms with E-state index in [2.05, 4.69) is 21.3 Å². The molecule has 23 heavy (non-hydrogen) atoms. The molecule has 3 rings (SSSR count). The van der Waals surface area contributed by atoms with Crippen LogP contribution in [0.5, 0.6) is 0 Å². The van der Waals surface area contributed by atoms with Gasteiger partial charge in [-0.1, -0.05) is 30.5 Å². The molecule has 0 atom stereocenters. The molecule has 0 saturated heterocycles. The van der Waals surface area contributed by atoms with Gasteiger partial charge in [-0.2, -0.15) is 0 Å². The third-order valence-electron chi connectivity index (χ3n) is 4.69. The van der Waals surface area contributed by atoms with Gasteiger partial charge in [0.2, 0.25) is 10.0 Å². The van der Waals surface area contributed by atoms with Crippen LogP contribution in [0.1, 0.15) is 48.4 Å². The molecule has 1 saturated carbocycles. The van der Waals surface area contributed by atoms with Crippen LogP contribution in [0.25, 0.3) is 0 Å². The monoisotopic (exact) mass is 354 g/mol. The summed E-state index contributed by atoms with van der Waals surface area (Å²) in [5.41, 5.74) is 0.321. The number of aromatic nitrogens is 1. The van der Waals surface area contributed by atoms with Crippen LogP contribution in [-0.2, 0) is 15.4 Å². The number of nitrogens with zero attached hydrogens (tertiary/aromatic N) is 1. The Hall–Kier alpha value is -1.18. The Bertz CT molecular complexity index is 738. The second-order valence-corrected chi connectivity index (χ2v) is 8.95. The third-order valence-corrected chi connectivity index (χ3v) is 7.45. The van der Waals surface area contributed by atoms with E-state index in [1.165, 1.54) is 11.3 Å². The first-order valence-corrected chi connectivity index (χ1v) is 10.3. The minimum Gasteiger partial charge on any atom is -0.360 e. The molecule has 0 spiro atoms. The maximum atomic E-state index is 12.7. The van der Waals surface area contributed by atoms with Gasteiger partial charge in [0.15, 0.2) is 5.76 Å². The standard InChI is InChI=1S/C16H22N2O3S2/c1-12-15(13(2)21-18-12)23(19,20)17-11-16(8-4-3-5-9-16)14-7-6-10-22-14/h6-7,10,17H,3-5,8-9,11H2,1-2H3. The fourth-order valence-electron chi connectivity index (χ4n) is 3.48. The lowest BCUT2D eigenvalue weighted by atomic mass is 9.73. The van der Waals surface area contributed by atoms with Crippen LogP contribution in [-0.4, -0.2) is 20.1 Å². The summed E-state index contributed by atoms with van der Waals surface area (Å²) in [7, 11) is -3.61. The van der Waals surface area contributed by atoms with Crippen molar-refractivity contribution in [3.63, 3.8) is 0 Å². The largest absolute Gasteiger partial charge is 0.360 e. The van der Waals surface area contributed by atoms with Gasteiger partial charge in [-0.15, -0.1) is 11.3 Å². The molecular formula is C16H22N2O3S2. The van der Waals surface area contributed by atoms with Crippen LogP contribution < -0.4 is 4.72 Å². The Morgan fingerprint density at radius 2 is 2.04 bits per heavy atom. The van der Waals surface area contributed by atoms with E-state index >= 15 is 0 Å². The van der Waals surface area contributed by atoms with Gasteiger partial charge in [0.1, 0.15) is 10.6 Å². The summed E-state index contributed by atoms with van der Waals surface area (Å²) < 4.78 is 33.2. The molecule has 1 N–H and O–H groups in total. The second-order valence-electron chi connectivity index (χ2n) is 6.30. The first-order valence-electron chi connectivity index (χ1n) is 7.91. The summed E-state index contributed by atoms with van der Waals surface area (Å²) in [6.45, 7) is 3.71. The minimum absolute atomic E-state index is 0.0849. The Labute approximate surface area is 141 Å². The highest BCUT2D eigenvalue weighted by Crippen LogP contribution is 2.41. The number of sulfonamides is 1. The van der Waals surface area contributed by atoms with Crippen LogP contribution in [0.2, 0.25) is 0 Å². The normalized spacial score (nSPS) is 18.2. The van der Waals surface area contributed by atoms with Crippen molar-refractivity contribution >= 4 is 21.4 Å². The number of aryl methyl sites for hydroxylation is 2. The summed E-state index contributed by atoms with van der Waals surface area (Å²) in [5, 5.41) is 5.82. The first kappa shape index (κ1) is 16.7. The molecule has 0 bridgehead atoms. The highest BCUT2D eigenvalue weighted by molar-refractivity contribution is 7.89. The van der Waals surface area contributed by atoms with Crippen molar-refractivity contribution in [3.8, 4) is 0 Å². The average molecular weight is 354 g/mol. The minimum atomic E-state index is -3.61. The maximum Gasteiger partial charge on any atom is 0.245 e. The molecule has 126 valence electrons. The number of hydrogen-bond donors (Lipinski definition) is 1.